The van der Waals surface area contributed by atoms with Crippen molar-refractivity contribution in [2.45, 2.75) is 25.9 Å². The van der Waals surface area contributed by atoms with Gasteiger partial charge in [0.25, 0.3) is 0 Å². The summed E-state index contributed by atoms with van der Waals surface area (Å²) in [5.74, 6) is -0.564. The number of nitrogens with one attached hydrogen (secondary N) is 2. The van der Waals surface area contributed by atoms with Crippen LogP contribution < -0.4 is 5.32 Å². The van der Waals surface area contributed by atoms with E-state index in [1.165, 1.54) is 0 Å². The van der Waals surface area contributed by atoms with E-state index in [1.54, 1.807) is 13.0 Å². The average Bonchev–Trinajstić information content (AvgIpc) is 2.79. The Bertz CT molecular complexity index is 562. The minimum Gasteiger partial charge on any atom is -0.478 e. The van der Waals surface area contributed by atoms with E-state index in [0.717, 1.165) is 5.69 Å². The predicted molar refractivity (Wildman–Crippen MR) is 66.4 cm³/mol. The van der Waals surface area contributed by atoms with Crippen LogP contribution in [-0.4, -0.2) is 42.0 Å². The fourth-order valence-electron chi connectivity index (χ4n) is 2.15. The molecule has 0 spiro atoms. The lowest BCUT2D eigenvalue weighted by Gasteiger charge is -2.08. The zero-order valence-corrected chi connectivity index (χ0v) is 10.9. The molecule has 1 aromatic heterocycles. The van der Waals surface area contributed by atoms with E-state index >= 15 is 0 Å². The summed E-state index contributed by atoms with van der Waals surface area (Å²) in [6, 6.07) is 1.54. The second kappa shape index (κ2) is 4.74. The number of H-pyrrole nitrogens is 1. The molecular formula is C11H16N2O4S. The van der Waals surface area contributed by atoms with Crippen molar-refractivity contribution in [2.75, 3.05) is 11.5 Å². The van der Waals surface area contributed by atoms with E-state index in [2.05, 4.69) is 10.3 Å². The summed E-state index contributed by atoms with van der Waals surface area (Å²) in [5.41, 5.74) is 1.62. The van der Waals surface area contributed by atoms with Gasteiger partial charge in [0.05, 0.1) is 17.1 Å². The standard InChI is InChI=1S/C11H16N2O4S/c1-7-10(11(14)15)4-9(13-7)5-12-8-2-3-18(16,17)6-8/h4,8,12-13H,2-3,5-6H2,1H3,(H,14,15). The van der Waals surface area contributed by atoms with Gasteiger partial charge in [-0.25, -0.2) is 13.2 Å². The Hall–Kier alpha value is -1.34. The number of sulfone groups is 1. The zero-order chi connectivity index (χ0) is 13.3. The molecule has 0 bridgehead atoms. The Kier molecular flexibility index (Phi) is 3.45. The number of hydrogen-bond acceptors (Lipinski definition) is 4. The van der Waals surface area contributed by atoms with Crippen molar-refractivity contribution >= 4 is 15.8 Å². The summed E-state index contributed by atoms with van der Waals surface area (Å²) in [6.07, 6.45) is 0.619. The van der Waals surface area contributed by atoms with Crippen molar-refractivity contribution in [3.05, 3.63) is 23.0 Å². The first-order valence-electron chi connectivity index (χ1n) is 5.73. The Morgan fingerprint density at radius 1 is 1.61 bits per heavy atom. The van der Waals surface area contributed by atoms with Gasteiger partial charge >= 0.3 is 5.97 Å². The zero-order valence-electron chi connectivity index (χ0n) is 10.1. The van der Waals surface area contributed by atoms with Crippen LogP contribution in [0, 0.1) is 6.92 Å². The van der Waals surface area contributed by atoms with Crippen LogP contribution in [0.2, 0.25) is 0 Å². The van der Waals surface area contributed by atoms with Crippen molar-refractivity contribution in [2.24, 2.45) is 0 Å². The van der Waals surface area contributed by atoms with Gasteiger partial charge in [-0.05, 0) is 19.4 Å². The Labute approximate surface area is 105 Å². The molecule has 0 saturated carbocycles. The van der Waals surface area contributed by atoms with E-state index in [-0.39, 0.29) is 23.1 Å². The molecule has 1 atom stereocenters. The molecule has 2 rings (SSSR count). The van der Waals surface area contributed by atoms with Gasteiger partial charge in [-0.3, -0.25) is 0 Å². The monoisotopic (exact) mass is 272 g/mol. The maximum atomic E-state index is 11.3. The highest BCUT2D eigenvalue weighted by atomic mass is 32.2. The molecule has 7 heteroatoms. The van der Waals surface area contributed by atoms with Gasteiger partial charge in [0, 0.05) is 24.0 Å². The lowest BCUT2D eigenvalue weighted by Crippen LogP contribution is -2.29. The van der Waals surface area contributed by atoms with E-state index in [9.17, 15) is 13.2 Å². The number of aryl methyl sites for hydroxylation is 1. The van der Waals surface area contributed by atoms with Gasteiger partial charge in [-0.15, -0.1) is 0 Å². The minimum absolute atomic E-state index is 0.0353. The Balaban J connectivity index is 1.95. The largest absolute Gasteiger partial charge is 0.478 e. The van der Waals surface area contributed by atoms with Crippen molar-refractivity contribution in [3.63, 3.8) is 0 Å². The molecule has 1 saturated heterocycles. The summed E-state index contributed by atoms with van der Waals surface area (Å²) in [5, 5.41) is 12.0. The third-order valence-electron chi connectivity index (χ3n) is 3.11. The number of rotatable bonds is 4. The van der Waals surface area contributed by atoms with Crippen LogP contribution in [-0.2, 0) is 16.4 Å². The van der Waals surface area contributed by atoms with Crippen molar-refractivity contribution in [3.8, 4) is 0 Å². The van der Waals surface area contributed by atoms with Crippen LogP contribution >= 0.6 is 0 Å². The normalized spacial score (nSPS) is 22.2. The quantitative estimate of drug-likeness (QED) is 0.732. The van der Waals surface area contributed by atoms with Gasteiger partial charge < -0.3 is 15.4 Å². The van der Waals surface area contributed by atoms with Crippen LogP contribution in [0.1, 0.15) is 28.2 Å². The molecular weight excluding hydrogens is 256 g/mol. The van der Waals surface area contributed by atoms with E-state index in [1.807, 2.05) is 0 Å². The maximum Gasteiger partial charge on any atom is 0.337 e. The van der Waals surface area contributed by atoms with Gasteiger partial charge in [0.1, 0.15) is 0 Å². The molecule has 0 aliphatic carbocycles. The molecule has 1 unspecified atom stereocenters. The van der Waals surface area contributed by atoms with Crippen molar-refractivity contribution < 1.29 is 18.3 Å². The molecule has 0 amide bonds. The summed E-state index contributed by atoms with van der Waals surface area (Å²) in [4.78, 5) is 13.8. The van der Waals surface area contributed by atoms with Gasteiger partial charge in [0.2, 0.25) is 0 Å². The highest BCUT2D eigenvalue weighted by Crippen LogP contribution is 2.13. The summed E-state index contributed by atoms with van der Waals surface area (Å²) in [6.45, 7) is 2.15. The molecule has 18 heavy (non-hydrogen) atoms. The second-order valence-corrected chi connectivity index (χ2v) is 6.85. The van der Waals surface area contributed by atoms with Gasteiger partial charge in [0.15, 0.2) is 9.84 Å². The third kappa shape index (κ3) is 2.91. The van der Waals surface area contributed by atoms with Crippen LogP contribution in [0.5, 0.6) is 0 Å². The molecule has 2 heterocycles. The number of aromatic amines is 1. The Morgan fingerprint density at radius 2 is 2.33 bits per heavy atom. The van der Waals surface area contributed by atoms with Gasteiger partial charge in [-0.2, -0.15) is 0 Å². The van der Waals surface area contributed by atoms with E-state index < -0.39 is 15.8 Å². The summed E-state index contributed by atoms with van der Waals surface area (Å²) >= 11 is 0. The SMILES string of the molecule is Cc1[nH]c(CNC2CCS(=O)(=O)C2)cc1C(=O)O. The molecule has 1 fully saturated rings. The molecule has 0 aromatic carbocycles. The van der Waals surface area contributed by atoms with Crippen molar-refractivity contribution in [1.29, 1.82) is 0 Å². The summed E-state index contributed by atoms with van der Waals surface area (Å²) < 4.78 is 22.5. The van der Waals surface area contributed by atoms with E-state index in [0.29, 0.717) is 18.7 Å². The molecule has 100 valence electrons. The third-order valence-corrected chi connectivity index (χ3v) is 4.88. The molecule has 6 nitrogen and oxygen atoms in total. The second-order valence-electron chi connectivity index (χ2n) is 4.62. The van der Waals surface area contributed by atoms with Crippen molar-refractivity contribution in [1.82, 2.24) is 10.3 Å². The van der Waals surface area contributed by atoms with Crippen LogP contribution in [0.25, 0.3) is 0 Å². The average molecular weight is 272 g/mol. The molecule has 1 aliphatic heterocycles. The first-order chi connectivity index (χ1) is 8.37. The fraction of sp³-hybridized carbons (Fsp3) is 0.545. The number of aromatic nitrogens is 1. The predicted octanol–water partition coefficient (Wildman–Crippen LogP) is 0.298. The molecule has 1 aromatic rings. The first kappa shape index (κ1) is 13.1. The van der Waals surface area contributed by atoms with Crippen LogP contribution in [0.4, 0.5) is 0 Å². The highest BCUT2D eigenvalue weighted by molar-refractivity contribution is 7.91. The lowest BCUT2D eigenvalue weighted by molar-refractivity contribution is 0.0696. The molecule has 3 N–H and O–H groups in total. The highest BCUT2D eigenvalue weighted by Gasteiger charge is 2.27. The minimum atomic E-state index is -2.88. The smallest absolute Gasteiger partial charge is 0.337 e. The Morgan fingerprint density at radius 3 is 2.83 bits per heavy atom. The van der Waals surface area contributed by atoms with Crippen LogP contribution in [0.3, 0.4) is 0 Å². The number of carboxylic acid groups (broad SMARTS) is 1. The molecule has 1 aliphatic rings. The van der Waals surface area contributed by atoms with Gasteiger partial charge in [-0.1, -0.05) is 0 Å². The van der Waals surface area contributed by atoms with Crippen LogP contribution in [0.15, 0.2) is 6.07 Å². The fourth-order valence-corrected chi connectivity index (χ4v) is 3.86. The lowest BCUT2D eigenvalue weighted by atomic mass is 10.2. The maximum absolute atomic E-state index is 11.3. The molecule has 0 radical (unpaired) electrons. The number of carboxylic acids is 1. The number of hydrogen-bond donors (Lipinski definition) is 3. The topological polar surface area (TPSA) is 99.3 Å². The summed E-state index contributed by atoms with van der Waals surface area (Å²) in [7, 11) is -2.88. The number of aromatic carboxylic acids is 1. The first-order valence-corrected chi connectivity index (χ1v) is 7.55. The van der Waals surface area contributed by atoms with E-state index in [4.69, 9.17) is 5.11 Å². The number of carbonyl (C=O) groups is 1.